The zero-order chi connectivity index (χ0) is 24.9. The molecule has 2 N–H and O–H groups in total. The van der Waals surface area contributed by atoms with Gasteiger partial charge in [0.2, 0.25) is 0 Å². The summed E-state index contributed by atoms with van der Waals surface area (Å²) < 4.78 is 39.1. The number of rotatable bonds is 6. The fourth-order valence-corrected chi connectivity index (χ4v) is 3.20. The van der Waals surface area contributed by atoms with Crippen molar-refractivity contribution < 1.29 is 22.8 Å². The number of benzene rings is 2. The molecule has 0 saturated carbocycles. The highest BCUT2D eigenvalue weighted by atomic mass is 35.5. The van der Waals surface area contributed by atoms with E-state index in [0.29, 0.717) is 17.2 Å². The topological polar surface area (TPSA) is 71.1 Å². The quantitative estimate of drug-likeness (QED) is 0.179. The number of hydrogen-bond acceptors (Lipinski definition) is 3. The second kappa shape index (κ2) is 10.5. The van der Waals surface area contributed by atoms with Crippen molar-refractivity contribution in [3.8, 4) is 0 Å². The number of carbonyl (C=O) groups is 2. The molecule has 0 bridgehead atoms. The number of carbonyl (C=O) groups excluding carboxylic acids is 2. The summed E-state index contributed by atoms with van der Waals surface area (Å²) in [4.78, 5) is 29.8. The van der Waals surface area contributed by atoms with Crippen molar-refractivity contribution in [1.29, 1.82) is 0 Å². The first-order valence-corrected chi connectivity index (χ1v) is 10.6. The fourth-order valence-electron chi connectivity index (χ4n) is 3.03. The Hall–Kier alpha value is -3.65. The Morgan fingerprint density at radius 3 is 2.12 bits per heavy atom. The lowest BCUT2D eigenvalue weighted by Crippen LogP contribution is -2.25. The Kier molecular flexibility index (Phi) is 7.73. The molecule has 1 aromatic heterocycles. The summed E-state index contributed by atoms with van der Waals surface area (Å²) in [5, 5.41) is 5.08. The van der Waals surface area contributed by atoms with Crippen LogP contribution in [0.4, 0.5) is 24.5 Å². The Morgan fingerprint density at radius 1 is 0.941 bits per heavy atom. The van der Waals surface area contributed by atoms with E-state index in [1.54, 1.807) is 12.1 Å². The third-order valence-corrected chi connectivity index (χ3v) is 5.04. The van der Waals surface area contributed by atoms with E-state index in [2.05, 4.69) is 15.6 Å². The van der Waals surface area contributed by atoms with Crippen LogP contribution in [0.25, 0.3) is 6.08 Å². The monoisotopic (exact) mass is 487 g/mol. The van der Waals surface area contributed by atoms with E-state index < -0.39 is 23.6 Å². The van der Waals surface area contributed by atoms with Gasteiger partial charge in [-0.1, -0.05) is 55.8 Å². The summed E-state index contributed by atoms with van der Waals surface area (Å²) in [6.45, 7) is 4.07. The molecule has 0 saturated heterocycles. The largest absolute Gasteiger partial charge is 0.416 e. The predicted octanol–water partition coefficient (Wildman–Crippen LogP) is 6.54. The van der Waals surface area contributed by atoms with Crippen LogP contribution in [0.1, 0.15) is 36.5 Å². The van der Waals surface area contributed by atoms with Gasteiger partial charge in [-0.3, -0.25) is 9.59 Å². The molecule has 9 heteroatoms. The van der Waals surface area contributed by atoms with E-state index in [-0.39, 0.29) is 16.4 Å². The maximum atomic E-state index is 13.0. The Bertz CT molecular complexity index is 1220. The number of aromatic nitrogens is 1. The zero-order valence-electron chi connectivity index (χ0n) is 18.3. The minimum absolute atomic E-state index is 0.0966. The highest BCUT2D eigenvalue weighted by molar-refractivity contribution is 6.30. The van der Waals surface area contributed by atoms with Crippen LogP contribution in [0.15, 0.2) is 72.4 Å². The van der Waals surface area contributed by atoms with Gasteiger partial charge in [0, 0.05) is 17.6 Å². The van der Waals surface area contributed by atoms with Gasteiger partial charge in [-0.05, 0) is 53.5 Å². The van der Waals surface area contributed by atoms with Crippen molar-refractivity contribution in [2.75, 3.05) is 10.6 Å². The molecule has 0 atom stereocenters. The van der Waals surface area contributed by atoms with Gasteiger partial charge in [-0.25, -0.2) is 4.98 Å². The summed E-state index contributed by atoms with van der Waals surface area (Å²) in [5.74, 6) is -1.34. The molecule has 0 aliphatic rings. The molecule has 176 valence electrons. The molecule has 0 radical (unpaired) electrons. The summed E-state index contributed by atoms with van der Waals surface area (Å²) in [5.41, 5.74) is 0.627. The van der Waals surface area contributed by atoms with E-state index in [1.165, 1.54) is 36.5 Å². The molecule has 1 heterocycles. The van der Waals surface area contributed by atoms with E-state index >= 15 is 0 Å². The Labute approximate surface area is 199 Å². The summed E-state index contributed by atoms with van der Waals surface area (Å²) in [6.07, 6.45) is -1.82. The van der Waals surface area contributed by atoms with Gasteiger partial charge in [0.05, 0.1) is 5.56 Å². The van der Waals surface area contributed by atoms with Crippen LogP contribution >= 0.6 is 11.6 Å². The molecule has 0 aliphatic carbocycles. The predicted molar refractivity (Wildman–Crippen MR) is 126 cm³/mol. The van der Waals surface area contributed by atoms with Crippen molar-refractivity contribution in [2.45, 2.75) is 25.9 Å². The first-order valence-electron chi connectivity index (χ1n) is 10.3. The zero-order valence-corrected chi connectivity index (χ0v) is 19.0. The highest BCUT2D eigenvalue weighted by Crippen LogP contribution is 2.31. The molecule has 0 fully saturated rings. The normalized spacial score (nSPS) is 11.9. The Balaban J connectivity index is 1.93. The first-order chi connectivity index (χ1) is 16.0. The van der Waals surface area contributed by atoms with Crippen molar-refractivity contribution in [2.24, 2.45) is 0 Å². The van der Waals surface area contributed by atoms with Crippen molar-refractivity contribution in [3.63, 3.8) is 0 Å². The average molecular weight is 488 g/mol. The van der Waals surface area contributed by atoms with Gasteiger partial charge in [0.15, 0.2) is 0 Å². The highest BCUT2D eigenvalue weighted by Gasteiger charge is 2.30. The van der Waals surface area contributed by atoms with Crippen LogP contribution < -0.4 is 10.6 Å². The molecule has 2 aromatic carbocycles. The Morgan fingerprint density at radius 2 is 1.56 bits per heavy atom. The first kappa shape index (κ1) is 25.0. The molecule has 0 spiro atoms. The number of amides is 2. The van der Waals surface area contributed by atoms with Crippen LogP contribution in [0.2, 0.25) is 5.15 Å². The maximum absolute atomic E-state index is 13.0. The third kappa shape index (κ3) is 6.68. The van der Waals surface area contributed by atoms with E-state index in [1.807, 2.05) is 26.0 Å². The SMILES string of the molecule is CC(C)c1ccc(C=C(C(=O)Nc2cccc(C(F)(F)F)c2)C(=O)Nc2ccnc(Cl)c2)cc1. The number of pyridine rings is 1. The number of halogens is 4. The summed E-state index contributed by atoms with van der Waals surface area (Å²) >= 11 is 5.85. The van der Waals surface area contributed by atoms with Gasteiger partial charge in [0.1, 0.15) is 10.7 Å². The van der Waals surface area contributed by atoms with Crippen molar-refractivity contribution in [3.05, 3.63) is 94.3 Å². The minimum atomic E-state index is -4.57. The number of nitrogens with zero attached hydrogens (tertiary/aromatic N) is 1. The van der Waals surface area contributed by atoms with Crippen LogP contribution in [-0.2, 0) is 15.8 Å². The van der Waals surface area contributed by atoms with Gasteiger partial charge >= 0.3 is 6.18 Å². The maximum Gasteiger partial charge on any atom is 0.416 e. The van der Waals surface area contributed by atoms with Gasteiger partial charge < -0.3 is 10.6 Å². The molecule has 0 unspecified atom stereocenters. The standard InChI is InChI=1S/C25H21ClF3N3O2/c1-15(2)17-8-6-16(7-9-17)12-21(24(34)32-20-10-11-30-22(26)14-20)23(33)31-19-5-3-4-18(13-19)25(27,28)29/h3-15H,1-2H3,(H,31,33)(H,30,32,34). The average Bonchev–Trinajstić information content (AvgIpc) is 2.77. The molecule has 5 nitrogen and oxygen atoms in total. The lowest BCUT2D eigenvalue weighted by molar-refractivity contribution is -0.137. The van der Waals surface area contributed by atoms with Gasteiger partial charge in [-0.15, -0.1) is 0 Å². The molecular weight excluding hydrogens is 467 g/mol. The van der Waals surface area contributed by atoms with Crippen molar-refractivity contribution >= 4 is 40.9 Å². The smallest absolute Gasteiger partial charge is 0.322 e. The van der Waals surface area contributed by atoms with Crippen LogP contribution in [-0.4, -0.2) is 16.8 Å². The number of anilines is 2. The number of nitrogens with one attached hydrogen (secondary N) is 2. The van der Waals surface area contributed by atoms with Crippen molar-refractivity contribution in [1.82, 2.24) is 4.98 Å². The van der Waals surface area contributed by atoms with Crippen LogP contribution in [0, 0.1) is 0 Å². The lowest BCUT2D eigenvalue weighted by atomic mass is 10.0. The van der Waals surface area contributed by atoms with E-state index in [0.717, 1.165) is 17.7 Å². The lowest BCUT2D eigenvalue weighted by Gasteiger charge is -2.12. The molecular formula is C25H21ClF3N3O2. The molecule has 34 heavy (non-hydrogen) atoms. The number of alkyl halides is 3. The minimum Gasteiger partial charge on any atom is -0.322 e. The van der Waals surface area contributed by atoms with Crippen LogP contribution in [0.3, 0.4) is 0 Å². The van der Waals surface area contributed by atoms with E-state index in [9.17, 15) is 22.8 Å². The van der Waals surface area contributed by atoms with E-state index in [4.69, 9.17) is 11.6 Å². The fraction of sp³-hybridized carbons (Fsp3) is 0.160. The summed E-state index contributed by atoms with van der Waals surface area (Å²) in [6, 6.07) is 14.3. The van der Waals surface area contributed by atoms with Crippen LogP contribution in [0.5, 0.6) is 0 Å². The number of hydrogen-bond donors (Lipinski definition) is 2. The molecule has 2 amide bonds. The molecule has 0 aliphatic heterocycles. The molecule has 3 aromatic rings. The second-order valence-corrected chi connectivity index (χ2v) is 8.12. The molecule has 3 rings (SSSR count). The van der Waals surface area contributed by atoms with Gasteiger partial charge in [-0.2, -0.15) is 13.2 Å². The second-order valence-electron chi connectivity index (χ2n) is 7.73. The third-order valence-electron chi connectivity index (χ3n) is 4.84. The van der Waals surface area contributed by atoms with Gasteiger partial charge in [0.25, 0.3) is 11.8 Å². The summed E-state index contributed by atoms with van der Waals surface area (Å²) in [7, 11) is 0.